The maximum absolute atomic E-state index is 13.7. The summed E-state index contributed by atoms with van der Waals surface area (Å²) in [5.41, 5.74) is 0.697. The number of allylic oxidation sites excluding steroid dienone is 1. The van der Waals surface area contributed by atoms with E-state index in [2.05, 4.69) is 6.58 Å². The van der Waals surface area contributed by atoms with Gasteiger partial charge in [-0.15, -0.1) is 6.58 Å². The minimum Gasteiger partial charge on any atom is -0.478 e. The first kappa shape index (κ1) is 14.8. The smallest absolute Gasteiger partial charge is 0.338 e. The average Bonchev–Trinajstić information content (AvgIpc) is 2.45. The SMILES string of the molecule is C=CCC[C@H]1CC[C@H](c2ccc(C(=O)O)c(F)c2)CC1. The number of carbonyl (C=O) groups is 1. The van der Waals surface area contributed by atoms with Gasteiger partial charge in [0.15, 0.2) is 0 Å². The van der Waals surface area contributed by atoms with Crippen LogP contribution in [-0.4, -0.2) is 11.1 Å². The van der Waals surface area contributed by atoms with Crippen LogP contribution in [-0.2, 0) is 0 Å². The van der Waals surface area contributed by atoms with Crippen LogP contribution in [0.3, 0.4) is 0 Å². The summed E-state index contributed by atoms with van der Waals surface area (Å²) in [6.07, 6.45) is 8.69. The van der Waals surface area contributed by atoms with Crippen molar-refractivity contribution in [1.29, 1.82) is 0 Å². The molecule has 20 heavy (non-hydrogen) atoms. The van der Waals surface area contributed by atoms with Gasteiger partial charge >= 0.3 is 5.97 Å². The van der Waals surface area contributed by atoms with Crippen LogP contribution in [0.4, 0.5) is 4.39 Å². The van der Waals surface area contributed by atoms with E-state index in [4.69, 9.17) is 5.11 Å². The second kappa shape index (κ2) is 6.69. The van der Waals surface area contributed by atoms with E-state index in [1.54, 1.807) is 6.07 Å². The van der Waals surface area contributed by atoms with Gasteiger partial charge in [0.25, 0.3) is 0 Å². The molecule has 2 nitrogen and oxygen atoms in total. The van der Waals surface area contributed by atoms with Crippen LogP contribution in [0.25, 0.3) is 0 Å². The largest absolute Gasteiger partial charge is 0.478 e. The van der Waals surface area contributed by atoms with Gasteiger partial charge in [0.2, 0.25) is 0 Å². The lowest BCUT2D eigenvalue weighted by atomic mass is 9.77. The fraction of sp³-hybridized carbons (Fsp3) is 0.471. The third-order valence-electron chi connectivity index (χ3n) is 4.32. The number of carboxylic acid groups (broad SMARTS) is 1. The quantitative estimate of drug-likeness (QED) is 0.787. The highest BCUT2D eigenvalue weighted by Gasteiger charge is 2.23. The van der Waals surface area contributed by atoms with Crippen molar-refractivity contribution in [2.75, 3.05) is 0 Å². The van der Waals surface area contributed by atoms with Crippen molar-refractivity contribution in [2.24, 2.45) is 5.92 Å². The van der Waals surface area contributed by atoms with E-state index >= 15 is 0 Å². The maximum atomic E-state index is 13.7. The molecule has 1 N–H and O–H groups in total. The first-order valence-corrected chi connectivity index (χ1v) is 7.25. The number of carboxylic acids is 1. The Labute approximate surface area is 119 Å². The van der Waals surface area contributed by atoms with E-state index in [0.29, 0.717) is 5.92 Å². The van der Waals surface area contributed by atoms with Crippen molar-refractivity contribution in [3.8, 4) is 0 Å². The summed E-state index contributed by atoms with van der Waals surface area (Å²) in [7, 11) is 0. The molecular formula is C17H21FO2. The van der Waals surface area contributed by atoms with E-state index in [9.17, 15) is 9.18 Å². The van der Waals surface area contributed by atoms with Gasteiger partial charge in [-0.25, -0.2) is 9.18 Å². The molecule has 0 radical (unpaired) electrons. The second-order valence-electron chi connectivity index (χ2n) is 5.63. The molecule has 1 aliphatic rings. The van der Waals surface area contributed by atoms with Gasteiger partial charge in [-0.2, -0.15) is 0 Å². The number of halogens is 1. The van der Waals surface area contributed by atoms with Gasteiger partial charge in [-0.05, 0) is 68.1 Å². The average molecular weight is 276 g/mol. The van der Waals surface area contributed by atoms with Crippen molar-refractivity contribution in [2.45, 2.75) is 44.4 Å². The highest BCUT2D eigenvalue weighted by molar-refractivity contribution is 5.87. The summed E-state index contributed by atoms with van der Waals surface area (Å²) in [5, 5.41) is 8.84. The first-order chi connectivity index (χ1) is 9.61. The van der Waals surface area contributed by atoms with Crippen LogP contribution in [0.15, 0.2) is 30.9 Å². The van der Waals surface area contributed by atoms with E-state index < -0.39 is 11.8 Å². The van der Waals surface area contributed by atoms with E-state index in [-0.39, 0.29) is 5.56 Å². The fourth-order valence-corrected chi connectivity index (χ4v) is 3.10. The molecule has 1 aliphatic carbocycles. The van der Waals surface area contributed by atoms with Crippen LogP contribution in [0, 0.1) is 11.7 Å². The van der Waals surface area contributed by atoms with Gasteiger partial charge in [0.1, 0.15) is 5.82 Å². The Bertz CT molecular complexity index is 488. The van der Waals surface area contributed by atoms with Gasteiger partial charge in [0.05, 0.1) is 5.56 Å². The molecule has 1 aromatic carbocycles. The Morgan fingerprint density at radius 2 is 2.05 bits per heavy atom. The van der Waals surface area contributed by atoms with Crippen LogP contribution in [0.5, 0.6) is 0 Å². The van der Waals surface area contributed by atoms with Crippen molar-refractivity contribution < 1.29 is 14.3 Å². The van der Waals surface area contributed by atoms with Crippen molar-refractivity contribution >= 4 is 5.97 Å². The Morgan fingerprint density at radius 3 is 2.60 bits per heavy atom. The topological polar surface area (TPSA) is 37.3 Å². The molecule has 1 saturated carbocycles. The van der Waals surface area contributed by atoms with E-state index in [0.717, 1.165) is 30.7 Å². The highest BCUT2D eigenvalue weighted by Crippen LogP contribution is 2.37. The van der Waals surface area contributed by atoms with Crippen molar-refractivity contribution in [1.82, 2.24) is 0 Å². The third-order valence-corrected chi connectivity index (χ3v) is 4.32. The minimum atomic E-state index is -1.21. The molecule has 0 aliphatic heterocycles. The summed E-state index contributed by atoms with van der Waals surface area (Å²) < 4.78 is 13.7. The van der Waals surface area contributed by atoms with Gasteiger partial charge < -0.3 is 5.11 Å². The Morgan fingerprint density at radius 1 is 1.35 bits per heavy atom. The predicted molar refractivity (Wildman–Crippen MR) is 77.5 cm³/mol. The molecule has 1 aromatic rings. The molecular weight excluding hydrogens is 255 g/mol. The van der Waals surface area contributed by atoms with Crippen LogP contribution < -0.4 is 0 Å². The Balaban J connectivity index is 1.98. The monoisotopic (exact) mass is 276 g/mol. The number of rotatable bonds is 5. The number of hydrogen-bond acceptors (Lipinski definition) is 1. The number of aromatic carboxylic acids is 1. The van der Waals surface area contributed by atoms with E-state index in [1.165, 1.54) is 31.4 Å². The lowest BCUT2D eigenvalue weighted by molar-refractivity contribution is 0.0692. The Kier molecular flexibility index (Phi) is 4.94. The minimum absolute atomic E-state index is 0.242. The molecule has 0 aromatic heterocycles. The Hall–Kier alpha value is -1.64. The van der Waals surface area contributed by atoms with Crippen LogP contribution in [0.1, 0.15) is 60.4 Å². The lowest BCUT2D eigenvalue weighted by Gasteiger charge is -2.28. The summed E-state index contributed by atoms with van der Waals surface area (Å²) in [5.74, 6) is -0.703. The molecule has 108 valence electrons. The zero-order valence-electron chi connectivity index (χ0n) is 11.6. The summed E-state index contributed by atoms with van der Waals surface area (Å²) in [6, 6.07) is 4.55. The van der Waals surface area contributed by atoms with Gasteiger partial charge in [-0.1, -0.05) is 12.1 Å². The first-order valence-electron chi connectivity index (χ1n) is 7.25. The molecule has 3 heteroatoms. The number of benzene rings is 1. The molecule has 0 atom stereocenters. The normalized spacial score (nSPS) is 22.4. The summed E-state index contributed by atoms with van der Waals surface area (Å²) in [4.78, 5) is 10.8. The predicted octanol–water partition coefficient (Wildman–Crippen LogP) is 4.76. The summed E-state index contributed by atoms with van der Waals surface area (Å²) in [6.45, 7) is 3.75. The zero-order chi connectivity index (χ0) is 14.5. The standard InChI is InChI=1S/C17H21FO2/c1-2-3-4-12-5-7-13(8-6-12)14-9-10-15(17(19)20)16(18)11-14/h2,9-13H,1,3-8H2,(H,19,20)/t12-,13-. The van der Waals surface area contributed by atoms with Crippen LogP contribution >= 0.6 is 0 Å². The maximum Gasteiger partial charge on any atom is 0.338 e. The molecule has 0 bridgehead atoms. The van der Waals surface area contributed by atoms with Gasteiger partial charge in [0, 0.05) is 0 Å². The third kappa shape index (κ3) is 3.47. The lowest BCUT2D eigenvalue weighted by Crippen LogP contribution is -2.14. The molecule has 0 unspecified atom stereocenters. The molecule has 1 fully saturated rings. The second-order valence-corrected chi connectivity index (χ2v) is 5.63. The van der Waals surface area contributed by atoms with Gasteiger partial charge in [-0.3, -0.25) is 0 Å². The fourth-order valence-electron chi connectivity index (χ4n) is 3.10. The van der Waals surface area contributed by atoms with Crippen molar-refractivity contribution in [3.05, 3.63) is 47.8 Å². The summed E-state index contributed by atoms with van der Waals surface area (Å²) >= 11 is 0. The number of hydrogen-bond donors (Lipinski definition) is 1. The molecule has 0 heterocycles. The van der Waals surface area contributed by atoms with E-state index in [1.807, 2.05) is 6.08 Å². The molecule has 2 rings (SSSR count). The molecule has 0 spiro atoms. The van der Waals surface area contributed by atoms with Crippen molar-refractivity contribution in [3.63, 3.8) is 0 Å². The highest BCUT2D eigenvalue weighted by atomic mass is 19.1. The zero-order valence-corrected chi connectivity index (χ0v) is 11.6. The molecule has 0 amide bonds. The molecule has 0 saturated heterocycles. The van der Waals surface area contributed by atoms with Crippen LogP contribution in [0.2, 0.25) is 0 Å².